The third-order valence-electron chi connectivity index (χ3n) is 3.16. The maximum atomic E-state index is 12.1. The summed E-state index contributed by atoms with van der Waals surface area (Å²) < 4.78 is 9.80. The van der Waals surface area contributed by atoms with Crippen LogP contribution in [0.1, 0.15) is 13.8 Å². The number of rotatable bonds is 10. The largest absolute Gasteiger partial charge is 0.460 e. The van der Waals surface area contributed by atoms with Gasteiger partial charge in [0.25, 0.3) is 10.5 Å². The summed E-state index contributed by atoms with van der Waals surface area (Å²) in [4.78, 5) is 47.9. The Balaban J connectivity index is 2.43. The first-order chi connectivity index (χ1) is 14.2. The maximum Gasteiger partial charge on any atom is 0.333 e. The van der Waals surface area contributed by atoms with E-state index in [4.69, 9.17) is 9.47 Å². The summed E-state index contributed by atoms with van der Waals surface area (Å²) in [7, 11) is 0. The summed E-state index contributed by atoms with van der Waals surface area (Å²) in [5.74, 6) is -1.03. The molecule has 162 valence electrons. The summed E-state index contributed by atoms with van der Waals surface area (Å²) in [6.45, 7) is 10.4. The highest BCUT2D eigenvalue weighted by molar-refractivity contribution is 8.16. The van der Waals surface area contributed by atoms with Gasteiger partial charge in [0.15, 0.2) is 0 Å². The number of hydrogen-bond donors (Lipinski definition) is 2. The van der Waals surface area contributed by atoms with E-state index in [0.29, 0.717) is 9.79 Å². The molecular formula is C20H24N2O6S2. The third-order valence-corrected chi connectivity index (χ3v) is 5.10. The van der Waals surface area contributed by atoms with Gasteiger partial charge in [-0.3, -0.25) is 9.59 Å². The smallest absolute Gasteiger partial charge is 0.333 e. The van der Waals surface area contributed by atoms with E-state index >= 15 is 0 Å². The Morgan fingerprint density at radius 3 is 1.50 bits per heavy atom. The average molecular weight is 453 g/mol. The molecule has 0 atom stereocenters. The normalized spacial score (nSPS) is 9.93. The fourth-order valence-electron chi connectivity index (χ4n) is 1.73. The van der Waals surface area contributed by atoms with Crippen LogP contribution in [-0.4, -0.2) is 48.7 Å². The van der Waals surface area contributed by atoms with Crippen LogP contribution in [0.15, 0.2) is 58.4 Å². The summed E-state index contributed by atoms with van der Waals surface area (Å²) in [6, 6.07) is 6.94. The second-order valence-electron chi connectivity index (χ2n) is 5.91. The lowest BCUT2D eigenvalue weighted by molar-refractivity contribution is -0.139. The number of hydrogen-bond acceptors (Lipinski definition) is 8. The van der Waals surface area contributed by atoms with Crippen molar-refractivity contribution in [3.8, 4) is 0 Å². The van der Waals surface area contributed by atoms with Crippen LogP contribution in [0.4, 0.5) is 9.59 Å². The zero-order valence-corrected chi connectivity index (χ0v) is 18.5. The molecular weight excluding hydrogens is 428 g/mol. The lowest BCUT2D eigenvalue weighted by atomic mass is 10.4. The second-order valence-corrected chi connectivity index (χ2v) is 7.94. The Labute approximate surface area is 183 Å². The predicted molar refractivity (Wildman–Crippen MR) is 116 cm³/mol. The molecule has 0 bridgehead atoms. The quantitative estimate of drug-likeness (QED) is 0.240. The molecule has 0 radical (unpaired) electrons. The van der Waals surface area contributed by atoms with Crippen LogP contribution < -0.4 is 10.6 Å². The van der Waals surface area contributed by atoms with Gasteiger partial charge in [0.1, 0.15) is 13.2 Å². The molecule has 1 aromatic carbocycles. The van der Waals surface area contributed by atoms with Gasteiger partial charge < -0.3 is 20.1 Å². The molecule has 0 saturated heterocycles. The van der Waals surface area contributed by atoms with Gasteiger partial charge in [0.05, 0.1) is 13.1 Å². The highest BCUT2D eigenvalue weighted by atomic mass is 32.2. The Morgan fingerprint density at radius 2 is 1.17 bits per heavy atom. The van der Waals surface area contributed by atoms with Gasteiger partial charge in [-0.05, 0) is 49.5 Å². The van der Waals surface area contributed by atoms with Crippen LogP contribution in [-0.2, 0) is 19.1 Å². The molecule has 1 rings (SSSR count). The highest BCUT2D eigenvalue weighted by Gasteiger charge is 2.13. The standard InChI is InChI=1S/C20H24N2O6S2/c1-13(2)17(23)27-11-9-21-19(25)29-15-7-5-6-8-16(15)30-20(26)22-10-12-28-18(24)14(3)4/h5-8H,1,3,9-12H2,2,4H3,(H,21,25)(H,22,26). The number of esters is 2. The van der Waals surface area contributed by atoms with E-state index in [9.17, 15) is 19.2 Å². The van der Waals surface area contributed by atoms with E-state index in [0.717, 1.165) is 23.5 Å². The van der Waals surface area contributed by atoms with E-state index < -0.39 is 11.9 Å². The number of benzene rings is 1. The molecule has 0 aliphatic heterocycles. The molecule has 0 spiro atoms. The number of nitrogens with one attached hydrogen (secondary N) is 2. The molecule has 0 aromatic heterocycles. The molecule has 0 aliphatic carbocycles. The van der Waals surface area contributed by atoms with Gasteiger partial charge in [0, 0.05) is 20.9 Å². The maximum absolute atomic E-state index is 12.1. The van der Waals surface area contributed by atoms with Crippen LogP contribution >= 0.6 is 23.5 Å². The fraction of sp³-hybridized carbons (Fsp3) is 0.300. The van der Waals surface area contributed by atoms with Crippen molar-refractivity contribution in [1.82, 2.24) is 10.6 Å². The zero-order chi connectivity index (χ0) is 22.5. The fourth-order valence-corrected chi connectivity index (χ4v) is 3.36. The van der Waals surface area contributed by atoms with E-state index in [1.54, 1.807) is 24.3 Å². The van der Waals surface area contributed by atoms with Crippen LogP contribution in [0.25, 0.3) is 0 Å². The van der Waals surface area contributed by atoms with Crippen molar-refractivity contribution < 1.29 is 28.7 Å². The number of carbonyl (C=O) groups is 4. The molecule has 2 amide bonds. The minimum absolute atomic E-state index is 0.0345. The summed E-state index contributed by atoms with van der Waals surface area (Å²) in [6.07, 6.45) is 0. The molecule has 0 unspecified atom stereocenters. The summed E-state index contributed by atoms with van der Waals surface area (Å²) in [5.41, 5.74) is 0.572. The molecule has 30 heavy (non-hydrogen) atoms. The van der Waals surface area contributed by atoms with E-state index in [1.165, 1.54) is 13.8 Å². The van der Waals surface area contributed by atoms with Crippen LogP contribution in [0, 0.1) is 0 Å². The number of ether oxygens (including phenoxy) is 2. The van der Waals surface area contributed by atoms with Gasteiger partial charge in [-0.2, -0.15) is 0 Å². The Hall–Kier alpha value is -2.72. The predicted octanol–water partition coefficient (Wildman–Crippen LogP) is 3.53. The number of carbonyl (C=O) groups excluding carboxylic acids is 4. The lowest BCUT2D eigenvalue weighted by Crippen LogP contribution is -2.25. The van der Waals surface area contributed by atoms with Crippen LogP contribution in [0.2, 0.25) is 0 Å². The van der Waals surface area contributed by atoms with Crippen molar-refractivity contribution >= 4 is 45.9 Å². The van der Waals surface area contributed by atoms with E-state index in [1.807, 2.05) is 0 Å². The van der Waals surface area contributed by atoms with Gasteiger partial charge >= 0.3 is 11.9 Å². The molecule has 8 nitrogen and oxygen atoms in total. The molecule has 0 aliphatic rings. The van der Waals surface area contributed by atoms with Crippen molar-refractivity contribution in [1.29, 1.82) is 0 Å². The highest BCUT2D eigenvalue weighted by Crippen LogP contribution is 2.31. The first-order valence-corrected chi connectivity index (χ1v) is 10.5. The van der Waals surface area contributed by atoms with Crippen molar-refractivity contribution in [2.45, 2.75) is 23.6 Å². The van der Waals surface area contributed by atoms with Gasteiger partial charge in [-0.15, -0.1) is 0 Å². The Bertz CT molecular complexity index is 758. The molecule has 0 heterocycles. The molecule has 1 aromatic rings. The molecule has 0 fully saturated rings. The van der Waals surface area contributed by atoms with Crippen LogP contribution in [0.3, 0.4) is 0 Å². The zero-order valence-electron chi connectivity index (χ0n) is 16.8. The van der Waals surface area contributed by atoms with E-state index in [-0.39, 0.29) is 47.9 Å². The molecule has 10 heteroatoms. The van der Waals surface area contributed by atoms with Crippen molar-refractivity contribution in [3.63, 3.8) is 0 Å². The van der Waals surface area contributed by atoms with Gasteiger partial charge in [-0.1, -0.05) is 25.3 Å². The van der Waals surface area contributed by atoms with Crippen molar-refractivity contribution in [2.24, 2.45) is 0 Å². The van der Waals surface area contributed by atoms with Gasteiger partial charge in [0.2, 0.25) is 0 Å². The SMILES string of the molecule is C=C(C)C(=O)OCCNC(=O)Sc1ccccc1SC(=O)NCCOC(=O)C(=C)C. The van der Waals surface area contributed by atoms with Gasteiger partial charge in [-0.25, -0.2) is 9.59 Å². The summed E-state index contributed by atoms with van der Waals surface area (Å²) in [5, 5.41) is 4.55. The number of thioether (sulfide) groups is 2. The Morgan fingerprint density at radius 1 is 0.800 bits per heavy atom. The first-order valence-electron chi connectivity index (χ1n) is 8.86. The van der Waals surface area contributed by atoms with Crippen molar-refractivity contribution in [3.05, 3.63) is 48.6 Å². The van der Waals surface area contributed by atoms with E-state index in [2.05, 4.69) is 23.8 Å². The molecule has 0 saturated carbocycles. The van der Waals surface area contributed by atoms with Crippen molar-refractivity contribution in [2.75, 3.05) is 26.3 Å². The minimum atomic E-state index is -0.515. The summed E-state index contributed by atoms with van der Waals surface area (Å²) >= 11 is 1.85. The third kappa shape index (κ3) is 10.2. The average Bonchev–Trinajstić information content (AvgIpc) is 2.69. The number of amides is 2. The first kappa shape index (κ1) is 25.3. The van der Waals surface area contributed by atoms with Crippen LogP contribution in [0.5, 0.6) is 0 Å². The monoisotopic (exact) mass is 452 g/mol. The second kappa shape index (κ2) is 13.5. The molecule has 2 N–H and O–H groups in total. The Kier molecular flexibility index (Phi) is 11.4. The minimum Gasteiger partial charge on any atom is -0.460 e. The topological polar surface area (TPSA) is 111 Å². The lowest BCUT2D eigenvalue weighted by Gasteiger charge is -2.10.